The summed E-state index contributed by atoms with van der Waals surface area (Å²) in [5.74, 6) is -0.0909. The monoisotopic (exact) mass is 198 g/mol. The Kier molecular flexibility index (Phi) is 2.96. The Hall–Kier alpha value is -1.29. The molecule has 0 unspecified atom stereocenters. The van der Waals surface area contributed by atoms with Gasteiger partial charge in [-0.25, -0.2) is 4.79 Å². The number of esters is 1. The molecule has 4 nitrogen and oxygen atoms in total. The van der Waals surface area contributed by atoms with Crippen LogP contribution in [0.25, 0.3) is 0 Å². The van der Waals surface area contributed by atoms with Crippen molar-refractivity contribution in [3.63, 3.8) is 0 Å². The predicted octanol–water partition coefficient (Wildman–Crippen LogP) is 1.73. The second-order valence-corrected chi connectivity index (χ2v) is 3.96. The largest absolute Gasteiger partial charge is 0.466 e. The van der Waals surface area contributed by atoms with Crippen molar-refractivity contribution >= 4 is 5.97 Å². The Morgan fingerprint density at radius 2 is 2.21 bits per heavy atom. The molecule has 1 heterocycles. The lowest BCUT2D eigenvalue weighted by atomic mass is 10.2. The van der Waals surface area contributed by atoms with Crippen LogP contribution in [0.2, 0.25) is 0 Å². The van der Waals surface area contributed by atoms with Crippen LogP contribution in [-0.4, -0.2) is 16.7 Å². The number of ether oxygens (including phenoxy) is 1. The molecule has 1 N–H and O–H groups in total. The van der Waals surface area contributed by atoms with Gasteiger partial charge in [0.15, 0.2) is 0 Å². The summed E-state index contributed by atoms with van der Waals surface area (Å²) < 4.78 is 10.00. The van der Waals surface area contributed by atoms with E-state index < -0.39 is 11.6 Å². The number of carbonyl (C=O) groups excluding carboxylic acids is 1. The molecule has 0 amide bonds. The van der Waals surface area contributed by atoms with E-state index in [2.05, 4.69) is 0 Å². The standard InChI is InChI=1S/C10H14O4/c1-10(2,3)14-9(12)7-4-8(5-11)13-6-7/h4,6,11H,5H2,1-3H3. The van der Waals surface area contributed by atoms with E-state index in [0.717, 1.165) is 0 Å². The summed E-state index contributed by atoms with van der Waals surface area (Å²) in [7, 11) is 0. The molecule has 0 bridgehead atoms. The van der Waals surface area contributed by atoms with Gasteiger partial charge in [0.25, 0.3) is 0 Å². The van der Waals surface area contributed by atoms with Crippen molar-refractivity contribution in [1.82, 2.24) is 0 Å². The highest BCUT2D eigenvalue weighted by Crippen LogP contribution is 2.14. The number of rotatable bonds is 2. The molecule has 0 aliphatic heterocycles. The summed E-state index contributed by atoms with van der Waals surface area (Å²) in [6.07, 6.45) is 1.28. The molecule has 1 rings (SSSR count). The molecular weight excluding hydrogens is 184 g/mol. The van der Waals surface area contributed by atoms with Gasteiger partial charge < -0.3 is 14.3 Å². The number of hydrogen-bond donors (Lipinski definition) is 1. The van der Waals surface area contributed by atoms with Crippen LogP contribution < -0.4 is 0 Å². The van der Waals surface area contributed by atoms with Crippen LogP contribution in [0.15, 0.2) is 16.7 Å². The molecule has 1 aromatic heterocycles. The van der Waals surface area contributed by atoms with Crippen molar-refractivity contribution in [2.75, 3.05) is 0 Å². The Morgan fingerprint density at radius 3 is 2.64 bits per heavy atom. The fourth-order valence-corrected chi connectivity index (χ4v) is 0.908. The van der Waals surface area contributed by atoms with Gasteiger partial charge in [0.1, 0.15) is 24.2 Å². The molecule has 0 spiro atoms. The number of aliphatic hydroxyl groups is 1. The van der Waals surface area contributed by atoms with E-state index >= 15 is 0 Å². The van der Waals surface area contributed by atoms with Gasteiger partial charge in [-0.15, -0.1) is 0 Å². The van der Waals surface area contributed by atoms with Gasteiger partial charge in [0, 0.05) is 0 Å². The van der Waals surface area contributed by atoms with E-state index in [9.17, 15) is 4.79 Å². The Labute approximate surface area is 82.5 Å². The Balaban J connectivity index is 2.70. The summed E-state index contributed by atoms with van der Waals surface area (Å²) in [6.45, 7) is 5.15. The quantitative estimate of drug-likeness (QED) is 0.735. The topological polar surface area (TPSA) is 59.7 Å². The molecule has 0 radical (unpaired) electrons. The fourth-order valence-electron chi connectivity index (χ4n) is 0.908. The van der Waals surface area contributed by atoms with Gasteiger partial charge in [0.2, 0.25) is 0 Å². The highest BCUT2D eigenvalue weighted by molar-refractivity contribution is 5.89. The van der Waals surface area contributed by atoms with Crippen molar-refractivity contribution in [2.45, 2.75) is 33.0 Å². The van der Waals surface area contributed by atoms with Crippen LogP contribution in [0, 0.1) is 0 Å². The summed E-state index contributed by atoms with van der Waals surface area (Å²) in [5, 5.41) is 8.72. The molecular formula is C10H14O4. The molecule has 0 aliphatic carbocycles. The molecule has 0 saturated carbocycles. The summed E-state index contributed by atoms with van der Waals surface area (Å²) >= 11 is 0. The van der Waals surface area contributed by atoms with E-state index in [-0.39, 0.29) is 6.61 Å². The van der Waals surface area contributed by atoms with Gasteiger partial charge in [-0.05, 0) is 26.8 Å². The summed E-state index contributed by atoms with van der Waals surface area (Å²) in [5.41, 5.74) is -0.197. The number of carbonyl (C=O) groups is 1. The zero-order valence-electron chi connectivity index (χ0n) is 8.53. The van der Waals surface area contributed by atoms with Crippen molar-refractivity contribution in [3.05, 3.63) is 23.7 Å². The lowest BCUT2D eigenvalue weighted by Crippen LogP contribution is -2.23. The van der Waals surface area contributed by atoms with Crippen LogP contribution in [0.4, 0.5) is 0 Å². The molecule has 4 heteroatoms. The molecule has 0 aliphatic rings. The van der Waals surface area contributed by atoms with E-state index in [4.69, 9.17) is 14.3 Å². The Morgan fingerprint density at radius 1 is 1.57 bits per heavy atom. The molecule has 0 fully saturated rings. The summed E-state index contributed by atoms with van der Waals surface area (Å²) in [4.78, 5) is 11.4. The first kappa shape index (κ1) is 10.8. The lowest BCUT2D eigenvalue weighted by Gasteiger charge is -2.18. The SMILES string of the molecule is CC(C)(C)OC(=O)c1coc(CO)c1. The maximum Gasteiger partial charge on any atom is 0.341 e. The van der Waals surface area contributed by atoms with Crippen molar-refractivity contribution in [1.29, 1.82) is 0 Å². The molecule has 14 heavy (non-hydrogen) atoms. The van der Waals surface area contributed by atoms with Crippen molar-refractivity contribution < 1.29 is 19.1 Å². The minimum atomic E-state index is -0.520. The van der Waals surface area contributed by atoms with Crippen molar-refractivity contribution in [3.8, 4) is 0 Å². The van der Waals surface area contributed by atoms with Gasteiger partial charge in [-0.2, -0.15) is 0 Å². The number of hydrogen-bond acceptors (Lipinski definition) is 4. The molecule has 78 valence electrons. The van der Waals surface area contributed by atoms with Gasteiger partial charge in [0.05, 0.1) is 5.56 Å². The van der Waals surface area contributed by atoms with Crippen LogP contribution in [-0.2, 0) is 11.3 Å². The van der Waals surface area contributed by atoms with E-state index in [1.165, 1.54) is 12.3 Å². The second-order valence-electron chi connectivity index (χ2n) is 3.96. The zero-order valence-corrected chi connectivity index (χ0v) is 8.53. The van der Waals surface area contributed by atoms with Crippen LogP contribution in [0.5, 0.6) is 0 Å². The minimum Gasteiger partial charge on any atom is -0.466 e. The lowest BCUT2D eigenvalue weighted by molar-refractivity contribution is 0.00689. The first-order valence-electron chi connectivity index (χ1n) is 4.34. The predicted molar refractivity (Wildman–Crippen MR) is 49.8 cm³/mol. The van der Waals surface area contributed by atoms with Gasteiger partial charge in [-0.3, -0.25) is 0 Å². The highest BCUT2D eigenvalue weighted by atomic mass is 16.6. The minimum absolute atomic E-state index is 0.219. The zero-order chi connectivity index (χ0) is 10.8. The highest BCUT2D eigenvalue weighted by Gasteiger charge is 2.19. The number of aliphatic hydroxyl groups excluding tert-OH is 1. The van der Waals surface area contributed by atoms with Gasteiger partial charge >= 0.3 is 5.97 Å². The van der Waals surface area contributed by atoms with E-state index in [0.29, 0.717) is 11.3 Å². The first-order valence-corrected chi connectivity index (χ1v) is 4.34. The van der Waals surface area contributed by atoms with E-state index in [1.54, 1.807) is 20.8 Å². The third kappa shape index (κ3) is 2.88. The third-order valence-electron chi connectivity index (χ3n) is 1.44. The molecule has 0 atom stereocenters. The van der Waals surface area contributed by atoms with E-state index in [1.807, 2.05) is 0 Å². The van der Waals surface area contributed by atoms with Crippen LogP contribution in [0.3, 0.4) is 0 Å². The average molecular weight is 198 g/mol. The number of furan rings is 1. The fraction of sp³-hybridized carbons (Fsp3) is 0.500. The first-order chi connectivity index (χ1) is 6.42. The average Bonchev–Trinajstić information content (AvgIpc) is 2.48. The second kappa shape index (κ2) is 3.84. The maximum atomic E-state index is 11.4. The maximum absolute atomic E-state index is 11.4. The smallest absolute Gasteiger partial charge is 0.341 e. The van der Waals surface area contributed by atoms with Gasteiger partial charge in [-0.1, -0.05) is 0 Å². The summed E-state index contributed by atoms with van der Waals surface area (Å²) in [6, 6.07) is 1.47. The Bertz CT molecular complexity index is 319. The van der Waals surface area contributed by atoms with Crippen LogP contribution >= 0.6 is 0 Å². The molecule has 1 aromatic rings. The normalized spacial score (nSPS) is 11.4. The molecule has 0 saturated heterocycles. The molecule has 0 aromatic carbocycles. The third-order valence-corrected chi connectivity index (χ3v) is 1.44. The van der Waals surface area contributed by atoms with Crippen molar-refractivity contribution in [2.24, 2.45) is 0 Å². The van der Waals surface area contributed by atoms with Crippen LogP contribution in [0.1, 0.15) is 36.9 Å².